The van der Waals surface area contributed by atoms with Crippen LogP contribution in [-0.2, 0) is 0 Å². The number of hydrogen-bond donors (Lipinski definition) is 1. The third-order valence-corrected chi connectivity index (χ3v) is 3.35. The van der Waals surface area contributed by atoms with Crippen LogP contribution in [0.3, 0.4) is 0 Å². The number of non-ortho nitro benzene ring substituents is 1. The summed E-state index contributed by atoms with van der Waals surface area (Å²) < 4.78 is 10.8. The van der Waals surface area contributed by atoms with Gasteiger partial charge in [-0.2, -0.15) is 0 Å². The predicted molar refractivity (Wildman–Crippen MR) is 94.4 cm³/mol. The van der Waals surface area contributed by atoms with E-state index in [9.17, 15) is 14.9 Å². The maximum atomic E-state index is 12.6. The average Bonchev–Trinajstić information content (AvgIpc) is 2.60. The lowest BCUT2D eigenvalue weighted by atomic mass is 10.1. The number of para-hydroxylation sites is 1. The first-order valence-electron chi connectivity index (χ1n) is 7.78. The van der Waals surface area contributed by atoms with Gasteiger partial charge in [0.1, 0.15) is 11.5 Å². The molecule has 2 rings (SSSR count). The fourth-order valence-corrected chi connectivity index (χ4v) is 2.12. The molecule has 1 amide bonds. The van der Waals surface area contributed by atoms with Gasteiger partial charge in [0.2, 0.25) is 0 Å². The Morgan fingerprint density at radius 3 is 2.56 bits per heavy atom. The smallest absolute Gasteiger partial charge is 0.273 e. The third kappa shape index (κ3) is 4.69. The number of benzene rings is 2. The Morgan fingerprint density at radius 2 is 1.92 bits per heavy atom. The Kier molecular flexibility index (Phi) is 5.94. The quantitative estimate of drug-likeness (QED) is 0.608. The van der Waals surface area contributed by atoms with Crippen molar-refractivity contribution in [2.75, 3.05) is 19.0 Å². The molecular weight excluding hydrogens is 324 g/mol. The maximum absolute atomic E-state index is 12.6. The van der Waals surface area contributed by atoms with Crippen molar-refractivity contribution in [3.63, 3.8) is 0 Å². The molecule has 2 aromatic rings. The van der Waals surface area contributed by atoms with Crippen LogP contribution in [0.5, 0.6) is 11.5 Å². The molecule has 0 radical (unpaired) electrons. The molecule has 132 valence electrons. The summed E-state index contributed by atoms with van der Waals surface area (Å²) >= 11 is 0. The number of nitrogens with one attached hydrogen (secondary N) is 1. The molecule has 0 bridgehead atoms. The SMILES string of the molecule is COc1cc([N+](=O)[O-])ccc1NC(=O)c1ccccc1OCC(C)C. The number of rotatable bonds is 7. The first kappa shape index (κ1) is 18.3. The van der Waals surface area contributed by atoms with E-state index in [-0.39, 0.29) is 17.3 Å². The van der Waals surface area contributed by atoms with E-state index in [0.29, 0.717) is 29.5 Å². The van der Waals surface area contributed by atoms with Crippen molar-refractivity contribution in [3.05, 3.63) is 58.1 Å². The van der Waals surface area contributed by atoms with E-state index in [2.05, 4.69) is 5.32 Å². The minimum atomic E-state index is -0.525. The van der Waals surface area contributed by atoms with Gasteiger partial charge in [-0.05, 0) is 24.1 Å². The number of hydrogen-bond acceptors (Lipinski definition) is 5. The molecule has 0 unspecified atom stereocenters. The minimum absolute atomic E-state index is 0.115. The molecule has 0 aliphatic carbocycles. The van der Waals surface area contributed by atoms with Crippen molar-refractivity contribution in [1.29, 1.82) is 0 Å². The highest BCUT2D eigenvalue weighted by molar-refractivity contribution is 6.06. The van der Waals surface area contributed by atoms with Gasteiger partial charge in [-0.25, -0.2) is 0 Å². The van der Waals surface area contributed by atoms with Crippen LogP contribution in [0.2, 0.25) is 0 Å². The van der Waals surface area contributed by atoms with E-state index in [1.54, 1.807) is 24.3 Å². The molecule has 0 saturated carbocycles. The first-order valence-corrected chi connectivity index (χ1v) is 7.78. The molecule has 0 heterocycles. The molecule has 0 saturated heterocycles. The van der Waals surface area contributed by atoms with E-state index in [4.69, 9.17) is 9.47 Å². The lowest BCUT2D eigenvalue weighted by molar-refractivity contribution is -0.384. The molecule has 25 heavy (non-hydrogen) atoms. The second-order valence-corrected chi connectivity index (χ2v) is 5.80. The highest BCUT2D eigenvalue weighted by atomic mass is 16.6. The summed E-state index contributed by atoms with van der Waals surface area (Å²) in [4.78, 5) is 22.9. The van der Waals surface area contributed by atoms with Crippen molar-refractivity contribution >= 4 is 17.3 Å². The lowest BCUT2D eigenvalue weighted by Crippen LogP contribution is -2.15. The molecule has 0 aliphatic heterocycles. The predicted octanol–water partition coefficient (Wildman–Crippen LogP) is 3.89. The lowest BCUT2D eigenvalue weighted by Gasteiger charge is -2.14. The number of carbonyl (C=O) groups is 1. The second kappa shape index (κ2) is 8.14. The Morgan fingerprint density at radius 1 is 1.20 bits per heavy atom. The Hall–Kier alpha value is -3.09. The van der Waals surface area contributed by atoms with Crippen LogP contribution in [-0.4, -0.2) is 24.5 Å². The average molecular weight is 344 g/mol. The van der Waals surface area contributed by atoms with E-state index in [0.717, 1.165) is 0 Å². The van der Waals surface area contributed by atoms with Crippen molar-refractivity contribution in [2.45, 2.75) is 13.8 Å². The number of nitrogens with zero attached hydrogens (tertiary/aromatic N) is 1. The van der Waals surface area contributed by atoms with Gasteiger partial charge in [-0.1, -0.05) is 26.0 Å². The molecule has 0 spiro atoms. The molecule has 2 aromatic carbocycles. The van der Waals surface area contributed by atoms with Gasteiger partial charge in [0.25, 0.3) is 11.6 Å². The number of methoxy groups -OCH3 is 1. The highest BCUT2D eigenvalue weighted by Crippen LogP contribution is 2.30. The Balaban J connectivity index is 2.24. The fourth-order valence-electron chi connectivity index (χ4n) is 2.12. The van der Waals surface area contributed by atoms with Crippen LogP contribution in [0.4, 0.5) is 11.4 Å². The summed E-state index contributed by atoms with van der Waals surface area (Å²) in [5.74, 6) is 0.634. The van der Waals surface area contributed by atoms with Gasteiger partial charge >= 0.3 is 0 Å². The number of carbonyl (C=O) groups excluding carboxylic acids is 1. The molecule has 0 fully saturated rings. The van der Waals surface area contributed by atoms with Crippen molar-refractivity contribution < 1.29 is 19.2 Å². The number of nitro groups is 1. The third-order valence-electron chi connectivity index (χ3n) is 3.35. The fraction of sp³-hybridized carbons (Fsp3) is 0.278. The zero-order chi connectivity index (χ0) is 18.4. The van der Waals surface area contributed by atoms with Crippen LogP contribution in [0, 0.1) is 16.0 Å². The van der Waals surface area contributed by atoms with Gasteiger partial charge < -0.3 is 14.8 Å². The van der Waals surface area contributed by atoms with Gasteiger partial charge in [-0.15, -0.1) is 0 Å². The summed E-state index contributed by atoms with van der Waals surface area (Å²) in [6.07, 6.45) is 0. The van der Waals surface area contributed by atoms with Crippen LogP contribution in [0.25, 0.3) is 0 Å². The standard InChI is InChI=1S/C18H20N2O5/c1-12(2)11-25-16-7-5-4-6-14(16)18(21)19-15-9-8-13(20(22)23)10-17(15)24-3/h4-10,12H,11H2,1-3H3,(H,19,21). The Labute approximate surface area is 145 Å². The molecule has 1 N–H and O–H groups in total. The topological polar surface area (TPSA) is 90.7 Å². The molecule has 0 aliphatic rings. The van der Waals surface area contributed by atoms with E-state index >= 15 is 0 Å². The van der Waals surface area contributed by atoms with Gasteiger partial charge in [-0.3, -0.25) is 14.9 Å². The molecule has 7 heteroatoms. The van der Waals surface area contributed by atoms with Crippen LogP contribution in [0.15, 0.2) is 42.5 Å². The monoisotopic (exact) mass is 344 g/mol. The van der Waals surface area contributed by atoms with Crippen LogP contribution in [0.1, 0.15) is 24.2 Å². The molecule has 0 atom stereocenters. The molecular formula is C18H20N2O5. The second-order valence-electron chi connectivity index (χ2n) is 5.80. The summed E-state index contributed by atoms with van der Waals surface area (Å²) in [6, 6.07) is 10.9. The minimum Gasteiger partial charge on any atom is -0.494 e. The zero-order valence-electron chi connectivity index (χ0n) is 14.3. The number of ether oxygens (including phenoxy) is 2. The summed E-state index contributed by atoms with van der Waals surface area (Å²) in [6.45, 7) is 4.53. The number of anilines is 1. The first-order chi connectivity index (χ1) is 11.9. The van der Waals surface area contributed by atoms with Crippen LogP contribution >= 0.6 is 0 Å². The van der Waals surface area contributed by atoms with E-state index in [1.165, 1.54) is 25.3 Å². The number of nitro benzene ring substituents is 1. The molecule has 7 nitrogen and oxygen atoms in total. The summed E-state index contributed by atoms with van der Waals surface area (Å²) in [7, 11) is 1.38. The maximum Gasteiger partial charge on any atom is 0.273 e. The van der Waals surface area contributed by atoms with Crippen molar-refractivity contribution in [1.82, 2.24) is 0 Å². The van der Waals surface area contributed by atoms with E-state index < -0.39 is 4.92 Å². The van der Waals surface area contributed by atoms with Crippen molar-refractivity contribution in [2.24, 2.45) is 5.92 Å². The highest BCUT2D eigenvalue weighted by Gasteiger charge is 2.17. The summed E-state index contributed by atoms with van der Waals surface area (Å²) in [5, 5.41) is 13.5. The Bertz CT molecular complexity index is 774. The van der Waals surface area contributed by atoms with Crippen LogP contribution < -0.4 is 14.8 Å². The normalized spacial score (nSPS) is 10.4. The zero-order valence-corrected chi connectivity index (χ0v) is 14.3. The largest absolute Gasteiger partial charge is 0.494 e. The van der Waals surface area contributed by atoms with Crippen molar-refractivity contribution in [3.8, 4) is 11.5 Å². The van der Waals surface area contributed by atoms with E-state index in [1.807, 2.05) is 13.8 Å². The summed E-state index contributed by atoms with van der Waals surface area (Å²) in [5.41, 5.74) is 0.607. The van der Waals surface area contributed by atoms with Gasteiger partial charge in [0, 0.05) is 6.07 Å². The van der Waals surface area contributed by atoms with Gasteiger partial charge in [0.05, 0.1) is 36.0 Å². The molecule has 0 aromatic heterocycles. The van der Waals surface area contributed by atoms with Gasteiger partial charge in [0.15, 0.2) is 0 Å². The number of amides is 1.